The minimum atomic E-state index is -0.409. The fraction of sp³-hybridized carbons (Fsp3) is 0.0217. The summed E-state index contributed by atoms with van der Waals surface area (Å²) in [5.41, 5.74) is 9.64. The molecule has 2 heterocycles. The highest BCUT2D eigenvalue weighted by Crippen LogP contribution is 2.53. The number of hydrogen-bond donors (Lipinski definition) is 0. The van der Waals surface area contributed by atoms with E-state index < -0.39 is 6.04 Å². The largest absolute Gasteiger partial charge is 0.456 e. The Balaban J connectivity index is 1.14. The maximum absolute atomic E-state index is 8.79. The number of fused-ring (bicyclic) bond motifs is 6. The summed E-state index contributed by atoms with van der Waals surface area (Å²) >= 11 is 0. The average molecular weight is 645 g/mol. The highest BCUT2D eigenvalue weighted by molar-refractivity contribution is 6.07. The van der Waals surface area contributed by atoms with Crippen LogP contribution in [0.5, 0.6) is 0 Å². The minimum absolute atomic E-state index is 0.192. The Hall–Kier alpha value is -6.65. The predicted molar refractivity (Wildman–Crippen MR) is 202 cm³/mol. The first-order valence-corrected chi connectivity index (χ1v) is 16.5. The Labute approximate surface area is 296 Å². The zero-order chi connectivity index (χ0) is 37.4. The summed E-state index contributed by atoms with van der Waals surface area (Å²) in [7, 11) is 0. The van der Waals surface area contributed by atoms with Gasteiger partial charge in [0.1, 0.15) is 11.2 Å². The van der Waals surface area contributed by atoms with Crippen molar-refractivity contribution in [1.29, 1.82) is 0 Å². The van der Waals surface area contributed by atoms with Crippen molar-refractivity contribution in [3.63, 3.8) is 0 Å². The molecule has 0 amide bonds. The summed E-state index contributed by atoms with van der Waals surface area (Å²) in [6.45, 7) is 0. The Morgan fingerprint density at radius 3 is 1.80 bits per heavy atom. The third-order valence-corrected chi connectivity index (χ3v) is 9.52. The van der Waals surface area contributed by atoms with Gasteiger partial charge in [-0.3, -0.25) is 0 Å². The molecule has 0 fully saturated rings. The number of nitrogens with zero attached hydrogens (tertiary/aromatic N) is 3. The van der Waals surface area contributed by atoms with Crippen molar-refractivity contribution in [2.24, 2.45) is 0 Å². The lowest BCUT2D eigenvalue weighted by Crippen LogP contribution is -2.00. The normalized spacial score (nSPS) is 14.8. The summed E-state index contributed by atoms with van der Waals surface area (Å²) in [5.74, 6) is 1.47. The van der Waals surface area contributed by atoms with Crippen LogP contribution in [0.1, 0.15) is 29.5 Å². The Morgan fingerprint density at radius 2 is 1.06 bits per heavy atom. The SMILES string of the molecule is [2H]c1c([2H])c([2H])c(-c2cccc3c2-c2ccccc2C3c2cccc3c2oc2cc(-c4nc(-c5ccccc5)nc(-c5ccccc5)n4)ccc23)c([2H])c1[2H]. The molecule has 1 atom stereocenters. The standard InChI is InChI=1S/C46H29N3O/c1-4-14-29(15-5-1)33-22-12-24-38-41(33)35-20-10-11-21-36(35)42(38)39-25-13-23-37-34-27-26-32(28-40(34)50-43(37)39)46-48-44(30-16-6-2-7-17-30)47-45(49-46)31-18-8-3-9-19-31/h1-28,42H/i1D,4D,5D,14D,15D. The number of hydrogen-bond acceptors (Lipinski definition) is 4. The van der Waals surface area contributed by atoms with Crippen molar-refractivity contribution < 1.29 is 11.3 Å². The van der Waals surface area contributed by atoms with Crippen LogP contribution < -0.4 is 0 Å². The van der Waals surface area contributed by atoms with Crippen molar-refractivity contribution in [2.75, 3.05) is 0 Å². The van der Waals surface area contributed by atoms with Crippen LogP contribution in [0.3, 0.4) is 0 Å². The molecule has 1 unspecified atom stereocenters. The van der Waals surface area contributed by atoms with Gasteiger partial charge < -0.3 is 4.42 Å². The first-order chi connectivity index (χ1) is 26.9. The molecule has 7 aromatic carbocycles. The Bertz CT molecular complexity index is 2910. The van der Waals surface area contributed by atoms with Gasteiger partial charge >= 0.3 is 0 Å². The molecule has 9 aromatic rings. The molecule has 0 bridgehead atoms. The highest BCUT2D eigenvalue weighted by Gasteiger charge is 2.33. The molecule has 50 heavy (non-hydrogen) atoms. The van der Waals surface area contributed by atoms with Crippen LogP contribution in [-0.4, -0.2) is 15.0 Å². The fourth-order valence-electron chi connectivity index (χ4n) is 7.31. The van der Waals surface area contributed by atoms with Gasteiger partial charge in [-0.2, -0.15) is 0 Å². The van der Waals surface area contributed by atoms with E-state index in [0.717, 1.165) is 60.9 Å². The van der Waals surface area contributed by atoms with Crippen LogP contribution in [0.25, 0.3) is 78.4 Å². The maximum Gasteiger partial charge on any atom is 0.164 e. The number of benzene rings is 7. The molecule has 0 radical (unpaired) electrons. The first kappa shape index (κ1) is 23.6. The van der Waals surface area contributed by atoms with E-state index in [9.17, 15) is 0 Å². The van der Waals surface area contributed by atoms with Crippen molar-refractivity contribution in [3.05, 3.63) is 186 Å². The number of para-hydroxylation sites is 1. The van der Waals surface area contributed by atoms with Gasteiger partial charge in [-0.15, -0.1) is 0 Å². The molecule has 0 spiro atoms. The Morgan fingerprint density at radius 1 is 0.460 bits per heavy atom. The van der Waals surface area contributed by atoms with Gasteiger partial charge in [0.05, 0.1) is 6.85 Å². The molecule has 0 saturated carbocycles. The lowest BCUT2D eigenvalue weighted by atomic mass is 9.87. The summed E-state index contributed by atoms with van der Waals surface area (Å²) in [4.78, 5) is 14.7. The van der Waals surface area contributed by atoms with Crippen molar-refractivity contribution in [1.82, 2.24) is 15.0 Å². The number of aromatic nitrogens is 3. The molecule has 0 N–H and O–H groups in total. The molecule has 2 aromatic heterocycles. The van der Waals surface area contributed by atoms with Crippen LogP contribution in [-0.2, 0) is 0 Å². The molecule has 4 heteroatoms. The fourth-order valence-corrected chi connectivity index (χ4v) is 7.31. The molecule has 1 aliphatic rings. The average Bonchev–Trinajstić information content (AvgIpc) is 3.79. The molecule has 4 nitrogen and oxygen atoms in total. The molecule has 0 saturated heterocycles. The van der Waals surface area contributed by atoms with Crippen molar-refractivity contribution in [3.8, 4) is 56.4 Å². The zero-order valence-corrected chi connectivity index (χ0v) is 26.6. The molecular formula is C46H29N3O. The zero-order valence-electron chi connectivity index (χ0n) is 31.6. The molecule has 10 rings (SSSR count). The smallest absolute Gasteiger partial charge is 0.164 e. The summed E-state index contributed by atoms with van der Waals surface area (Å²) in [6.07, 6.45) is 0. The van der Waals surface area contributed by atoms with E-state index in [4.69, 9.17) is 26.2 Å². The van der Waals surface area contributed by atoms with Crippen LogP contribution >= 0.6 is 0 Å². The van der Waals surface area contributed by atoms with E-state index in [2.05, 4.69) is 30.3 Å². The van der Waals surface area contributed by atoms with Crippen molar-refractivity contribution in [2.45, 2.75) is 5.92 Å². The van der Waals surface area contributed by atoms with E-state index in [0.29, 0.717) is 28.6 Å². The Kier molecular flexibility index (Phi) is 5.44. The highest BCUT2D eigenvalue weighted by atomic mass is 16.3. The third-order valence-electron chi connectivity index (χ3n) is 9.52. The van der Waals surface area contributed by atoms with Crippen LogP contribution in [0.4, 0.5) is 0 Å². The predicted octanol–water partition coefficient (Wildman–Crippen LogP) is 11.6. The lowest BCUT2D eigenvalue weighted by molar-refractivity contribution is 0.661. The van der Waals surface area contributed by atoms with E-state index in [1.165, 1.54) is 0 Å². The van der Waals surface area contributed by atoms with Crippen LogP contribution in [0.2, 0.25) is 0 Å². The van der Waals surface area contributed by atoms with Crippen molar-refractivity contribution >= 4 is 21.9 Å². The molecule has 1 aliphatic carbocycles. The van der Waals surface area contributed by atoms with E-state index in [1.54, 1.807) is 0 Å². The van der Waals surface area contributed by atoms with Gasteiger partial charge in [-0.25, -0.2) is 15.0 Å². The number of furan rings is 1. The van der Waals surface area contributed by atoms with Gasteiger partial charge in [0.2, 0.25) is 0 Å². The summed E-state index contributed by atoms with van der Waals surface area (Å²) < 4.78 is 49.3. The topological polar surface area (TPSA) is 51.8 Å². The summed E-state index contributed by atoms with van der Waals surface area (Å²) in [5, 5.41) is 1.93. The van der Waals surface area contributed by atoms with Crippen LogP contribution in [0, 0.1) is 0 Å². The maximum atomic E-state index is 8.79. The lowest BCUT2D eigenvalue weighted by Gasteiger charge is -2.15. The van der Waals surface area contributed by atoms with E-state index >= 15 is 0 Å². The second-order valence-electron chi connectivity index (χ2n) is 12.4. The van der Waals surface area contributed by atoms with Gasteiger partial charge in [0, 0.05) is 38.9 Å². The van der Waals surface area contributed by atoms with Gasteiger partial charge in [0.15, 0.2) is 17.5 Å². The quantitative estimate of drug-likeness (QED) is 0.187. The molecular weight excluding hydrogens is 611 g/mol. The van der Waals surface area contributed by atoms with E-state index in [-0.39, 0.29) is 35.7 Å². The monoisotopic (exact) mass is 644 g/mol. The minimum Gasteiger partial charge on any atom is -0.456 e. The summed E-state index contributed by atoms with van der Waals surface area (Å²) in [6, 6.07) is 44.4. The molecule has 234 valence electrons. The second kappa shape index (κ2) is 11.5. The van der Waals surface area contributed by atoms with Gasteiger partial charge in [0.25, 0.3) is 0 Å². The second-order valence-corrected chi connectivity index (χ2v) is 12.4. The van der Waals surface area contributed by atoms with Gasteiger partial charge in [-0.05, 0) is 45.5 Å². The number of rotatable bonds is 5. The molecule has 0 aliphatic heterocycles. The van der Waals surface area contributed by atoms with Crippen LogP contribution in [0.15, 0.2) is 174 Å². The van der Waals surface area contributed by atoms with Gasteiger partial charge in [-0.1, -0.05) is 158 Å². The van der Waals surface area contributed by atoms with E-state index in [1.807, 2.05) is 109 Å². The third kappa shape index (κ3) is 4.57. The first-order valence-electron chi connectivity index (χ1n) is 19.0.